The Hall–Kier alpha value is -2.04. The van der Waals surface area contributed by atoms with Crippen LogP contribution in [0.3, 0.4) is 0 Å². The van der Waals surface area contributed by atoms with Gasteiger partial charge >= 0.3 is 0 Å². The van der Waals surface area contributed by atoms with Crippen LogP contribution in [0.5, 0.6) is 11.5 Å². The first-order chi connectivity index (χ1) is 17.3. The van der Waals surface area contributed by atoms with Gasteiger partial charge in [-0.05, 0) is 85.8 Å². The largest absolute Gasteiger partial charge is 0.491 e. The van der Waals surface area contributed by atoms with Crippen LogP contribution < -0.4 is 9.47 Å². The molecule has 2 aromatic carbocycles. The number of rotatable bonds is 14. The van der Waals surface area contributed by atoms with Crippen molar-refractivity contribution in [3.63, 3.8) is 0 Å². The van der Waals surface area contributed by atoms with Gasteiger partial charge in [-0.1, -0.05) is 56.9 Å². The van der Waals surface area contributed by atoms with E-state index in [4.69, 9.17) is 18.9 Å². The van der Waals surface area contributed by atoms with E-state index >= 15 is 0 Å². The van der Waals surface area contributed by atoms with Gasteiger partial charge in [-0.15, -0.1) is 0 Å². The predicted molar refractivity (Wildman–Crippen MR) is 140 cm³/mol. The highest BCUT2D eigenvalue weighted by Crippen LogP contribution is 2.41. The number of epoxide rings is 2. The van der Waals surface area contributed by atoms with E-state index in [0.29, 0.717) is 30.7 Å². The lowest BCUT2D eigenvalue weighted by Crippen LogP contribution is -2.23. The number of ether oxygens (including phenoxy) is 4. The Labute approximate surface area is 211 Å². The Morgan fingerprint density at radius 2 is 1.51 bits per heavy atom. The van der Waals surface area contributed by atoms with Crippen LogP contribution >= 0.6 is 0 Å². The topological polar surface area (TPSA) is 43.5 Å². The van der Waals surface area contributed by atoms with E-state index in [1.165, 1.54) is 68.9 Å². The van der Waals surface area contributed by atoms with Crippen molar-refractivity contribution in [2.75, 3.05) is 19.8 Å². The number of hydrogen-bond acceptors (Lipinski definition) is 4. The third kappa shape index (κ3) is 7.47. The molecule has 0 aromatic heterocycles. The van der Waals surface area contributed by atoms with Crippen molar-refractivity contribution in [1.29, 1.82) is 0 Å². The first-order valence-electron chi connectivity index (χ1n) is 14.0. The van der Waals surface area contributed by atoms with Gasteiger partial charge in [-0.3, -0.25) is 0 Å². The van der Waals surface area contributed by atoms with Crippen LogP contribution in [0.4, 0.5) is 0 Å². The summed E-state index contributed by atoms with van der Waals surface area (Å²) in [6, 6.07) is 17.6. The Morgan fingerprint density at radius 3 is 2.20 bits per heavy atom. The zero-order valence-electron chi connectivity index (χ0n) is 21.3. The highest BCUT2D eigenvalue weighted by Gasteiger charge is 2.34. The van der Waals surface area contributed by atoms with Gasteiger partial charge in [0.1, 0.15) is 36.4 Å². The molecule has 3 unspecified atom stereocenters. The third-order valence-electron chi connectivity index (χ3n) is 7.90. The van der Waals surface area contributed by atoms with E-state index in [9.17, 15) is 0 Å². The van der Waals surface area contributed by atoms with Gasteiger partial charge in [-0.25, -0.2) is 0 Å². The molecule has 4 heteroatoms. The average Bonchev–Trinajstić information content (AvgIpc) is 3.82. The SMILES string of the molecule is CCCCCCCC(Oc1cccc(C2CCC(c3ccc(OCC4CO4)cc3)CC2)c1)C1CO1. The van der Waals surface area contributed by atoms with Crippen LogP contribution in [-0.4, -0.2) is 38.1 Å². The van der Waals surface area contributed by atoms with Gasteiger partial charge in [0.2, 0.25) is 0 Å². The molecule has 3 aliphatic rings. The molecule has 4 nitrogen and oxygen atoms in total. The second-order valence-electron chi connectivity index (χ2n) is 10.7. The molecule has 0 bridgehead atoms. The minimum absolute atomic E-state index is 0.200. The quantitative estimate of drug-likeness (QED) is 0.209. The van der Waals surface area contributed by atoms with Crippen molar-refractivity contribution in [1.82, 2.24) is 0 Å². The predicted octanol–water partition coefficient (Wildman–Crippen LogP) is 7.41. The molecule has 5 rings (SSSR count). The summed E-state index contributed by atoms with van der Waals surface area (Å²) in [7, 11) is 0. The molecule has 0 spiro atoms. The van der Waals surface area contributed by atoms with Gasteiger partial charge in [0.05, 0.1) is 13.2 Å². The summed E-state index contributed by atoms with van der Waals surface area (Å²) >= 11 is 0. The molecule has 1 aliphatic carbocycles. The lowest BCUT2D eigenvalue weighted by molar-refractivity contribution is 0.146. The van der Waals surface area contributed by atoms with Crippen molar-refractivity contribution >= 4 is 0 Å². The molecule has 2 aliphatic heterocycles. The van der Waals surface area contributed by atoms with Gasteiger partial charge < -0.3 is 18.9 Å². The number of benzene rings is 2. The van der Waals surface area contributed by atoms with Gasteiger partial charge in [-0.2, -0.15) is 0 Å². The summed E-state index contributed by atoms with van der Waals surface area (Å²) in [5.74, 6) is 3.24. The zero-order chi connectivity index (χ0) is 23.9. The molecular formula is C31H42O4. The lowest BCUT2D eigenvalue weighted by Gasteiger charge is -2.29. The first-order valence-corrected chi connectivity index (χ1v) is 14.0. The van der Waals surface area contributed by atoms with E-state index in [-0.39, 0.29) is 6.10 Å². The van der Waals surface area contributed by atoms with Crippen LogP contribution in [0, 0.1) is 0 Å². The smallest absolute Gasteiger partial charge is 0.127 e. The van der Waals surface area contributed by atoms with E-state index in [0.717, 1.165) is 31.1 Å². The summed E-state index contributed by atoms with van der Waals surface area (Å²) in [6.07, 6.45) is 13.3. The summed E-state index contributed by atoms with van der Waals surface area (Å²) in [4.78, 5) is 0. The standard InChI is InChI=1S/C31H42O4/c1-2-3-4-5-6-10-30(31-22-34-31)35-28-9-7-8-26(19-28)25-13-11-23(12-14-25)24-15-17-27(18-16-24)32-20-29-21-33-29/h7-9,15-19,23,25,29-31H,2-6,10-14,20-22H2,1H3. The minimum atomic E-state index is 0.200. The molecular weight excluding hydrogens is 436 g/mol. The van der Waals surface area contributed by atoms with Crippen molar-refractivity contribution in [2.24, 2.45) is 0 Å². The monoisotopic (exact) mass is 478 g/mol. The molecule has 0 amide bonds. The Kier molecular flexibility index (Phi) is 8.64. The fraction of sp³-hybridized carbons (Fsp3) is 0.613. The second kappa shape index (κ2) is 12.3. The average molecular weight is 479 g/mol. The third-order valence-corrected chi connectivity index (χ3v) is 7.90. The highest BCUT2D eigenvalue weighted by molar-refractivity contribution is 5.33. The molecule has 0 radical (unpaired) electrons. The number of hydrogen-bond donors (Lipinski definition) is 0. The fourth-order valence-electron chi connectivity index (χ4n) is 5.51. The summed E-state index contributed by atoms with van der Waals surface area (Å²) in [6.45, 7) is 4.63. The molecule has 0 N–H and O–H groups in total. The molecule has 3 atom stereocenters. The van der Waals surface area contributed by atoms with Gasteiger partial charge in [0, 0.05) is 0 Å². The summed E-state index contributed by atoms with van der Waals surface area (Å²) < 4.78 is 23.1. The Bertz CT molecular complexity index is 894. The molecule has 1 saturated carbocycles. The van der Waals surface area contributed by atoms with Gasteiger partial charge in [0.25, 0.3) is 0 Å². The maximum Gasteiger partial charge on any atom is 0.127 e. The van der Waals surface area contributed by atoms with Crippen molar-refractivity contribution < 1.29 is 18.9 Å². The molecule has 3 fully saturated rings. The van der Waals surface area contributed by atoms with E-state index in [2.05, 4.69) is 55.5 Å². The molecule has 2 saturated heterocycles. The molecule has 2 heterocycles. The van der Waals surface area contributed by atoms with Crippen molar-refractivity contribution in [3.05, 3.63) is 59.7 Å². The molecule has 35 heavy (non-hydrogen) atoms. The maximum atomic E-state index is 6.47. The van der Waals surface area contributed by atoms with E-state index < -0.39 is 0 Å². The van der Waals surface area contributed by atoms with Crippen LogP contribution in [0.25, 0.3) is 0 Å². The first kappa shape index (κ1) is 24.6. The lowest BCUT2D eigenvalue weighted by atomic mass is 9.76. The second-order valence-corrected chi connectivity index (χ2v) is 10.7. The van der Waals surface area contributed by atoms with Crippen molar-refractivity contribution in [3.8, 4) is 11.5 Å². The van der Waals surface area contributed by atoms with Crippen LogP contribution in [0.2, 0.25) is 0 Å². The summed E-state index contributed by atoms with van der Waals surface area (Å²) in [5.41, 5.74) is 2.88. The minimum Gasteiger partial charge on any atom is -0.491 e. The zero-order valence-corrected chi connectivity index (χ0v) is 21.3. The summed E-state index contributed by atoms with van der Waals surface area (Å²) in [5, 5.41) is 0. The Morgan fingerprint density at radius 1 is 0.800 bits per heavy atom. The van der Waals surface area contributed by atoms with E-state index in [1.807, 2.05) is 0 Å². The van der Waals surface area contributed by atoms with Gasteiger partial charge in [0.15, 0.2) is 0 Å². The molecule has 2 aromatic rings. The highest BCUT2D eigenvalue weighted by atomic mass is 16.6. The Balaban J connectivity index is 1.10. The van der Waals surface area contributed by atoms with Crippen LogP contribution in [0.1, 0.15) is 94.1 Å². The normalized spacial score (nSPS) is 26.2. The maximum absolute atomic E-state index is 6.47. The van der Waals surface area contributed by atoms with Crippen LogP contribution in [0.15, 0.2) is 48.5 Å². The van der Waals surface area contributed by atoms with Crippen LogP contribution in [-0.2, 0) is 9.47 Å². The van der Waals surface area contributed by atoms with Crippen molar-refractivity contribution in [2.45, 2.75) is 101 Å². The molecule has 190 valence electrons. The number of unbranched alkanes of at least 4 members (excludes halogenated alkanes) is 4. The van der Waals surface area contributed by atoms with E-state index in [1.54, 1.807) is 0 Å². The fourth-order valence-corrected chi connectivity index (χ4v) is 5.51.